The van der Waals surface area contributed by atoms with E-state index in [2.05, 4.69) is 10.3 Å². The third-order valence-corrected chi connectivity index (χ3v) is 8.91. The first-order valence-electron chi connectivity index (χ1n) is 10.7. The lowest BCUT2D eigenvalue weighted by Gasteiger charge is -2.15. The number of pyridine rings is 1. The van der Waals surface area contributed by atoms with Gasteiger partial charge in [0.1, 0.15) is 9.04 Å². The van der Waals surface area contributed by atoms with E-state index in [4.69, 9.17) is 5.73 Å². The topological polar surface area (TPSA) is 102 Å². The number of benzene rings is 2. The van der Waals surface area contributed by atoms with Crippen LogP contribution in [0.5, 0.6) is 0 Å². The van der Waals surface area contributed by atoms with E-state index in [1.54, 1.807) is 19.1 Å². The summed E-state index contributed by atoms with van der Waals surface area (Å²) in [6.07, 6.45) is 1.32. The van der Waals surface area contributed by atoms with Crippen molar-refractivity contribution in [1.82, 2.24) is 4.98 Å². The SMILES string of the molecule is CCCCS(=O)(=O)c1sc2nc(C)c(C(=O)Nc3ccccc3)c(-c3ccccc3)c2c1N. The van der Waals surface area contributed by atoms with Crippen LogP contribution in [0.25, 0.3) is 21.3 Å². The summed E-state index contributed by atoms with van der Waals surface area (Å²) in [7, 11) is -3.56. The first-order valence-corrected chi connectivity index (χ1v) is 13.2. The lowest BCUT2D eigenvalue weighted by atomic mass is 9.95. The summed E-state index contributed by atoms with van der Waals surface area (Å²) >= 11 is 1.07. The highest BCUT2D eigenvalue weighted by Gasteiger charge is 2.28. The highest BCUT2D eigenvalue weighted by Crippen LogP contribution is 2.44. The van der Waals surface area contributed by atoms with Crippen molar-refractivity contribution in [1.29, 1.82) is 0 Å². The first-order chi connectivity index (χ1) is 15.8. The van der Waals surface area contributed by atoms with Crippen LogP contribution in [0.4, 0.5) is 11.4 Å². The van der Waals surface area contributed by atoms with Gasteiger partial charge in [-0.15, -0.1) is 11.3 Å². The lowest BCUT2D eigenvalue weighted by molar-refractivity contribution is 0.102. The van der Waals surface area contributed by atoms with Gasteiger partial charge in [0.15, 0.2) is 9.84 Å². The Balaban J connectivity index is 1.97. The van der Waals surface area contributed by atoms with Gasteiger partial charge in [0.25, 0.3) is 5.91 Å². The monoisotopic (exact) mass is 479 g/mol. The number of unbranched alkanes of at least 4 members (excludes halogenated alkanes) is 1. The molecule has 0 radical (unpaired) electrons. The van der Waals surface area contributed by atoms with Gasteiger partial charge in [0.2, 0.25) is 0 Å². The van der Waals surface area contributed by atoms with Gasteiger partial charge in [0.05, 0.1) is 22.7 Å². The number of amides is 1. The van der Waals surface area contributed by atoms with E-state index >= 15 is 0 Å². The predicted octanol–water partition coefficient (Wildman–Crippen LogP) is 5.68. The number of thiophene rings is 1. The molecule has 170 valence electrons. The minimum absolute atomic E-state index is 0.0293. The van der Waals surface area contributed by atoms with E-state index in [1.807, 2.05) is 55.5 Å². The lowest BCUT2D eigenvalue weighted by Crippen LogP contribution is -2.16. The highest BCUT2D eigenvalue weighted by atomic mass is 32.2. The Kier molecular flexibility index (Phi) is 6.49. The normalized spacial score (nSPS) is 11.6. The molecule has 0 spiro atoms. The first kappa shape index (κ1) is 22.9. The van der Waals surface area contributed by atoms with Crippen LogP contribution in [0.2, 0.25) is 0 Å². The minimum Gasteiger partial charge on any atom is -0.396 e. The Morgan fingerprint density at radius 2 is 1.70 bits per heavy atom. The molecule has 2 heterocycles. The summed E-state index contributed by atoms with van der Waals surface area (Å²) < 4.78 is 26.1. The van der Waals surface area contributed by atoms with E-state index in [-0.39, 0.29) is 21.6 Å². The molecule has 0 saturated heterocycles. The summed E-state index contributed by atoms with van der Waals surface area (Å²) in [6.45, 7) is 3.70. The van der Waals surface area contributed by atoms with Gasteiger partial charge in [-0.25, -0.2) is 13.4 Å². The van der Waals surface area contributed by atoms with Gasteiger partial charge >= 0.3 is 0 Å². The highest BCUT2D eigenvalue weighted by molar-refractivity contribution is 7.93. The molecular formula is C25H25N3O3S2. The number of nitrogens with two attached hydrogens (primary N) is 1. The van der Waals surface area contributed by atoms with Gasteiger partial charge in [-0.05, 0) is 31.0 Å². The van der Waals surface area contributed by atoms with Crippen LogP contribution < -0.4 is 11.1 Å². The van der Waals surface area contributed by atoms with Crippen LogP contribution in [0.1, 0.15) is 35.8 Å². The second kappa shape index (κ2) is 9.33. The standard InChI is InChI=1S/C25H25N3O3S2/c1-3-4-15-33(30,31)25-22(26)21-20(17-11-7-5-8-12-17)19(16(2)27-24(21)32-25)23(29)28-18-13-9-6-10-14-18/h5-14H,3-4,15,26H2,1-2H3,(H,28,29). The van der Waals surface area contributed by atoms with Gasteiger partial charge in [-0.1, -0.05) is 61.9 Å². The fraction of sp³-hybridized carbons (Fsp3) is 0.200. The van der Waals surface area contributed by atoms with Crippen molar-refractivity contribution in [2.75, 3.05) is 16.8 Å². The van der Waals surface area contributed by atoms with E-state index in [1.165, 1.54) is 0 Å². The van der Waals surface area contributed by atoms with Crippen molar-refractivity contribution < 1.29 is 13.2 Å². The van der Waals surface area contributed by atoms with E-state index in [9.17, 15) is 13.2 Å². The Morgan fingerprint density at radius 3 is 2.33 bits per heavy atom. The average Bonchev–Trinajstić information content (AvgIpc) is 3.14. The van der Waals surface area contributed by atoms with Crippen molar-refractivity contribution in [2.24, 2.45) is 0 Å². The van der Waals surface area contributed by atoms with Crippen molar-refractivity contribution >= 4 is 48.7 Å². The molecule has 4 rings (SSSR count). The summed E-state index contributed by atoms with van der Waals surface area (Å²) in [6, 6.07) is 18.6. The van der Waals surface area contributed by atoms with Crippen molar-refractivity contribution in [3.63, 3.8) is 0 Å². The average molecular weight is 480 g/mol. The number of fused-ring (bicyclic) bond motifs is 1. The van der Waals surface area contributed by atoms with E-state index in [0.29, 0.717) is 39.1 Å². The third kappa shape index (κ3) is 4.49. The minimum atomic E-state index is -3.56. The zero-order chi connectivity index (χ0) is 23.6. The zero-order valence-corrected chi connectivity index (χ0v) is 20.1. The smallest absolute Gasteiger partial charge is 0.258 e. The summed E-state index contributed by atoms with van der Waals surface area (Å²) in [5, 5.41) is 3.43. The van der Waals surface area contributed by atoms with Crippen LogP contribution >= 0.6 is 11.3 Å². The third-order valence-electron chi connectivity index (χ3n) is 5.39. The fourth-order valence-electron chi connectivity index (χ4n) is 3.79. The number of sulfone groups is 1. The second-order valence-corrected chi connectivity index (χ2v) is 11.1. The molecule has 0 unspecified atom stereocenters. The van der Waals surface area contributed by atoms with Crippen LogP contribution in [0.15, 0.2) is 64.9 Å². The molecule has 0 aliphatic heterocycles. The molecule has 4 aromatic rings. The second-order valence-electron chi connectivity index (χ2n) is 7.79. The molecule has 2 aromatic heterocycles. The van der Waals surface area contributed by atoms with E-state index < -0.39 is 9.84 Å². The molecule has 2 aromatic carbocycles. The summed E-state index contributed by atoms with van der Waals surface area (Å²) in [5.74, 6) is -0.297. The molecular weight excluding hydrogens is 454 g/mol. The Labute approximate surface area is 197 Å². The Morgan fingerprint density at radius 1 is 1.06 bits per heavy atom. The zero-order valence-electron chi connectivity index (χ0n) is 18.5. The maximum atomic E-state index is 13.4. The summed E-state index contributed by atoms with van der Waals surface area (Å²) in [4.78, 5) is 18.5. The number of hydrogen-bond acceptors (Lipinski definition) is 6. The number of nitrogens with one attached hydrogen (secondary N) is 1. The van der Waals surface area contributed by atoms with Gasteiger partial charge < -0.3 is 11.1 Å². The molecule has 33 heavy (non-hydrogen) atoms. The molecule has 0 atom stereocenters. The number of hydrogen-bond donors (Lipinski definition) is 2. The largest absolute Gasteiger partial charge is 0.396 e. The molecule has 8 heteroatoms. The molecule has 0 saturated carbocycles. The van der Waals surface area contributed by atoms with Crippen molar-refractivity contribution in [3.05, 3.63) is 71.9 Å². The molecule has 0 aliphatic carbocycles. The quantitative estimate of drug-likeness (QED) is 0.355. The number of para-hydroxylation sites is 1. The maximum absolute atomic E-state index is 13.4. The molecule has 0 fully saturated rings. The number of carbonyl (C=O) groups is 1. The summed E-state index contributed by atoms with van der Waals surface area (Å²) in [5.41, 5.74) is 9.53. The van der Waals surface area contributed by atoms with Crippen LogP contribution in [-0.4, -0.2) is 25.1 Å². The Hall–Kier alpha value is -3.23. The van der Waals surface area contributed by atoms with Crippen LogP contribution in [-0.2, 0) is 9.84 Å². The van der Waals surface area contributed by atoms with Crippen molar-refractivity contribution in [2.45, 2.75) is 30.9 Å². The molecule has 0 bridgehead atoms. The van der Waals surface area contributed by atoms with Gasteiger partial charge in [-0.2, -0.15) is 0 Å². The molecule has 0 aliphatic rings. The number of anilines is 2. The number of nitrogens with zero attached hydrogens (tertiary/aromatic N) is 1. The number of rotatable bonds is 7. The number of aryl methyl sites for hydroxylation is 1. The fourth-order valence-corrected chi connectivity index (χ4v) is 6.96. The molecule has 1 amide bonds. The number of nitrogen functional groups attached to an aromatic ring is 1. The maximum Gasteiger partial charge on any atom is 0.258 e. The number of carbonyl (C=O) groups excluding carboxylic acids is 1. The molecule has 6 nitrogen and oxygen atoms in total. The van der Waals surface area contributed by atoms with Crippen LogP contribution in [0.3, 0.4) is 0 Å². The Bertz CT molecular complexity index is 1410. The van der Waals surface area contributed by atoms with Gasteiger partial charge in [-0.3, -0.25) is 4.79 Å². The predicted molar refractivity (Wildman–Crippen MR) is 136 cm³/mol. The van der Waals surface area contributed by atoms with Gasteiger partial charge in [0, 0.05) is 16.6 Å². The number of aromatic nitrogens is 1. The molecule has 3 N–H and O–H groups in total. The van der Waals surface area contributed by atoms with Crippen LogP contribution in [0, 0.1) is 6.92 Å². The van der Waals surface area contributed by atoms with Crippen molar-refractivity contribution in [3.8, 4) is 11.1 Å². The van der Waals surface area contributed by atoms with E-state index in [0.717, 1.165) is 23.3 Å².